The van der Waals surface area contributed by atoms with Crippen molar-refractivity contribution >= 4 is 11.7 Å². The van der Waals surface area contributed by atoms with Crippen molar-refractivity contribution < 1.29 is 4.79 Å². The van der Waals surface area contributed by atoms with Crippen molar-refractivity contribution in [2.24, 2.45) is 0 Å². The van der Waals surface area contributed by atoms with Crippen LogP contribution in [0.15, 0.2) is 42.6 Å². The molecule has 1 aromatic heterocycles. The highest BCUT2D eigenvalue weighted by atomic mass is 16.2. The molecule has 0 bridgehead atoms. The summed E-state index contributed by atoms with van der Waals surface area (Å²) in [7, 11) is 0. The third kappa shape index (κ3) is 3.02. The molecule has 2 aromatic rings. The maximum atomic E-state index is 11.8. The first-order valence-corrected chi connectivity index (χ1v) is 7.15. The largest absolute Gasteiger partial charge is 0.329 e. The fourth-order valence-corrected chi connectivity index (χ4v) is 2.46. The Morgan fingerprint density at radius 1 is 1.19 bits per heavy atom. The molecule has 5 heteroatoms. The Hall–Kier alpha value is -2.43. The van der Waals surface area contributed by atoms with Crippen molar-refractivity contribution in [3.63, 3.8) is 0 Å². The number of carbonyl (C=O) groups is 1. The van der Waals surface area contributed by atoms with Crippen molar-refractivity contribution in [2.75, 3.05) is 24.7 Å². The second kappa shape index (κ2) is 5.91. The summed E-state index contributed by atoms with van der Waals surface area (Å²) in [4.78, 5) is 24.5. The van der Waals surface area contributed by atoms with Gasteiger partial charge in [0.1, 0.15) is 18.2 Å². The Kier molecular flexibility index (Phi) is 3.81. The summed E-state index contributed by atoms with van der Waals surface area (Å²) in [5, 5.41) is 0. The number of nitrogens with zero attached hydrogens (tertiary/aromatic N) is 4. The molecule has 0 N–H and O–H groups in total. The van der Waals surface area contributed by atoms with E-state index in [1.165, 1.54) is 5.56 Å². The zero-order valence-corrected chi connectivity index (χ0v) is 12.1. The summed E-state index contributed by atoms with van der Waals surface area (Å²) in [5.74, 6) is 1.75. The molecule has 1 aliphatic rings. The Morgan fingerprint density at radius 3 is 2.71 bits per heavy atom. The van der Waals surface area contributed by atoms with Crippen LogP contribution in [0.5, 0.6) is 0 Å². The highest BCUT2D eigenvalue weighted by Gasteiger charge is 2.27. The van der Waals surface area contributed by atoms with Crippen molar-refractivity contribution in [1.29, 1.82) is 0 Å². The zero-order chi connectivity index (χ0) is 14.7. The highest BCUT2D eigenvalue weighted by Crippen LogP contribution is 2.17. The van der Waals surface area contributed by atoms with Crippen LogP contribution in [0.1, 0.15) is 18.3 Å². The van der Waals surface area contributed by atoms with Crippen LogP contribution < -0.4 is 4.90 Å². The lowest BCUT2D eigenvalue weighted by Crippen LogP contribution is -2.27. The normalized spacial score (nSPS) is 14.8. The van der Waals surface area contributed by atoms with Gasteiger partial charge in [-0.1, -0.05) is 30.3 Å². The molecule has 21 heavy (non-hydrogen) atoms. The topological polar surface area (TPSA) is 49.3 Å². The molecule has 1 aromatic carbocycles. The van der Waals surface area contributed by atoms with E-state index in [1.54, 1.807) is 6.20 Å². The van der Waals surface area contributed by atoms with Crippen molar-refractivity contribution in [2.45, 2.75) is 13.3 Å². The molecule has 0 radical (unpaired) electrons. The summed E-state index contributed by atoms with van der Waals surface area (Å²) < 4.78 is 0. The summed E-state index contributed by atoms with van der Waals surface area (Å²) >= 11 is 0. The molecule has 1 aliphatic heterocycles. The standard InChI is InChI=1S/C16H18N4O/c1-2-19-12-20(11-16(19)21)15-8-9-17-14(18-15)10-13-6-4-3-5-7-13/h3-9H,2,10-12H2,1H3. The Morgan fingerprint density at radius 2 is 2.00 bits per heavy atom. The van der Waals surface area contributed by atoms with Crippen LogP contribution in [0.4, 0.5) is 5.82 Å². The smallest absolute Gasteiger partial charge is 0.243 e. The van der Waals surface area contributed by atoms with E-state index in [2.05, 4.69) is 22.1 Å². The number of likely N-dealkylation sites (N-methyl/N-ethyl adjacent to an activating group) is 1. The van der Waals surface area contributed by atoms with Crippen LogP contribution in [0, 0.1) is 0 Å². The molecule has 1 fully saturated rings. The van der Waals surface area contributed by atoms with Crippen LogP contribution in [-0.4, -0.2) is 40.5 Å². The van der Waals surface area contributed by atoms with Gasteiger partial charge in [-0.05, 0) is 18.6 Å². The number of anilines is 1. The van der Waals surface area contributed by atoms with Gasteiger partial charge in [-0.3, -0.25) is 4.79 Å². The monoisotopic (exact) mass is 282 g/mol. The Balaban J connectivity index is 1.76. The lowest BCUT2D eigenvalue weighted by Gasteiger charge is -2.17. The summed E-state index contributed by atoms with van der Waals surface area (Å²) in [5.41, 5.74) is 1.18. The first-order valence-electron chi connectivity index (χ1n) is 7.15. The van der Waals surface area contributed by atoms with E-state index >= 15 is 0 Å². The maximum Gasteiger partial charge on any atom is 0.243 e. The summed E-state index contributed by atoms with van der Waals surface area (Å²) in [6.45, 7) is 3.73. The summed E-state index contributed by atoms with van der Waals surface area (Å²) in [6.07, 6.45) is 2.47. The fourth-order valence-electron chi connectivity index (χ4n) is 2.46. The molecule has 108 valence electrons. The molecular formula is C16H18N4O. The van der Waals surface area contributed by atoms with Crippen LogP contribution in [-0.2, 0) is 11.2 Å². The quantitative estimate of drug-likeness (QED) is 0.856. The molecular weight excluding hydrogens is 264 g/mol. The number of carbonyl (C=O) groups excluding carboxylic acids is 1. The molecule has 2 heterocycles. The highest BCUT2D eigenvalue weighted by molar-refractivity contribution is 5.84. The van der Waals surface area contributed by atoms with Gasteiger partial charge in [0, 0.05) is 19.2 Å². The predicted octanol–water partition coefficient (Wildman–Crippen LogP) is 1.69. The number of benzene rings is 1. The van der Waals surface area contributed by atoms with E-state index in [4.69, 9.17) is 0 Å². The minimum atomic E-state index is 0.153. The molecule has 5 nitrogen and oxygen atoms in total. The second-order valence-electron chi connectivity index (χ2n) is 5.08. The SMILES string of the molecule is CCN1CN(c2ccnc(Cc3ccccc3)n2)CC1=O. The number of hydrogen-bond acceptors (Lipinski definition) is 4. The van der Waals surface area contributed by atoms with Gasteiger partial charge in [-0.25, -0.2) is 9.97 Å². The predicted molar refractivity (Wildman–Crippen MR) is 80.9 cm³/mol. The van der Waals surface area contributed by atoms with Crippen LogP contribution in [0.3, 0.4) is 0 Å². The van der Waals surface area contributed by atoms with E-state index < -0.39 is 0 Å². The first kappa shape index (κ1) is 13.5. The van der Waals surface area contributed by atoms with Crippen molar-refractivity contribution in [3.05, 3.63) is 54.0 Å². The van der Waals surface area contributed by atoms with E-state index in [9.17, 15) is 4.79 Å². The average molecular weight is 282 g/mol. The van der Waals surface area contributed by atoms with Crippen LogP contribution >= 0.6 is 0 Å². The van der Waals surface area contributed by atoms with Gasteiger partial charge in [0.15, 0.2) is 0 Å². The second-order valence-corrected chi connectivity index (χ2v) is 5.08. The number of hydrogen-bond donors (Lipinski definition) is 0. The first-order chi connectivity index (χ1) is 10.3. The third-order valence-electron chi connectivity index (χ3n) is 3.62. The molecule has 0 atom stereocenters. The average Bonchev–Trinajstić information content (AvgIpc) is 2.90. The minimum absolute atomic E-state index is 0.153. The molecule has 0 spiro atoms. The van der Waals surface area contributed by atoms with Gasteiger partial charge in [-0.2, -0.15) is 0 Å². The lowest BCUT2D eigenvalue weighted by molar-refractivity contribution is -0.126. The molecule has 0 aliphatic carbocycles. The van der Waals surface area contributed by atoms with Crippen molar-refractivity contribution in [1.82, 2.24) is 14.9 Å². The van der Waals surface area contributed by atoms with Gasteiger partial charge in [0.05, 0.1) is 6.67 Å². The van der Waals surface area contributed by atoms with Gasteiger partial charge >= 0.3 is 0 Å². The minimum Gasteiger partial charge on any atom is -0.329 e. The summed E-state index contributed by atoms with van der Waals surface area (Å²) in [6, 6.07) is 12.0. The molecule has 0 saturated carbocycles. The third-order valence-corrected chi connectivity index (χ3v) is 3.62. The van der Waals surface area contributed by atoms with Crippen LogP contribution in [0.25, 0.3) is 0 Å². The van der Waals surface area contributed by atoms with E-state index in [0.29, 0.717) is 19.6 Å². The Labute approximate surface area is 124 Å². The molecule has 1 amide bonds. The zero-order valence-electron chi connectivity index (χ0n) is 12.1. The van der Waals surface area contributed by atoms with Crippen molar-refractivity contribution in [3.8, 4) is 0 Å². The molecule has 1 saturated heterocycles. The van der Waals surface area contributed by atoms with E-state index in [0.717, 1.165) is 18.2 Å². The van der Waals surface area contributed by atoms with Crippen LogP contribution in [0.2, 0.25) is 0 Å². The van der Waals surface area contributed by atoms with Gasteiger partial charge in [0.25, 0.3) is 0 Å². The number of rotatable bonds is 4. The van der Waals surface area contributed by atoms with E-state index in [-0.39, 0.29) is 5.91 Å². The molecule has 3 rings (SSSR count). The number of aromatic nitrogens is 2. The lowest BCUT2D eigenvalue weighted by atomic mass is 10.1. The number of amides is 1. The maximum absolute atomic E-state index is 11.8. The van der Waals surface area contributed by atoms with Gasteiger partial charge < -0.3 is 9.80 Å². The van der Waals surface area contributed by atoms with Gasteiger partial charge in [-0.15, -0.1) is 0 Å². The molecule has 0 unspecified atom stereocenters. The Bertz CT molecular complexity index is 629. The fraction of sp³-hybridized carbons (Fsp3) is 0.312. The van der Waals surface area contributed by atoms with Gasteiger partial charge in [0.2, 0.25) is 5.91 Å². The van der Waals surface area contributed by atoms with E-state index in [1.807, 2.05) is 41.0 Å².